The molecule has 0 saturated carbocycles. The van der Waals surface area contributed by atoms with Crippen LogP contribution in [0.2, 0.25) is 0 Å². The van der Waals surface area contributed by atoms with Crippen LogP contribution in [0.5, 0.6) is 0 Å². The van der Waals surface area contributed by atoms with Gasteiger partial charge in [0.25, 0.3) is 0 Å². The molecule has 0 amide bonds. The molecular formula is C13H28N2. The molecule has 0 aromatic carbocycles. The highest BCUT2D eigenvalue weighted by Crippen LogP contribution is 2.10. The lowest BCUT2D eigenvalue weighted by atomic mass is 10.0. The average Bonchev–Trinajstić information content (AvgIpc) is 2.26. The molecule has 0 radical (unpaired) electrons. The van der Waals surface area contributed by atoms with Crippen molar-refractivity contribution in [1.82, 2.24) is 9.80 Å². The van der Waals surface area contributed by atoms with Gasteiger partial charge in [-0.15, -0.1) is 0 Å². The molecule has 0 spiro atoms. The third-order valence-corrected chi connectivity index (χ3v) is 3.77. The lowest BCUT2D eigenvalue weighted by Gasteiger charge is -2.37. The Balaban J connectivity index is 2.14. The minimum atomic E-state index is 0.724. The maximum atomic E-state index is 2.63. The first kappa shape index (κ1) is 13.0. The highest BCUT2D eigenvalue weighted by molar-refractivity contribution is 4.74. The van der Waals surface area contributed by atoms with Crippen molar-refractivity contribution < 1.29 is 0 Å². The second-order valence-electron chi connectivity index (χ2n) is 5.27. The summed E-state index contributed by atoms with van der Waals surface area (Å²) < 4.78 is 0. The molecule has 0 bridgehead atoms. The molecule has 1 fully saturated rings. The summed E-state index contributed by atoms with van der Waals surface area (Å²) in [4.78, 5) is 5.21. The maximum Gasteiger partial charge on any atom is 0.0113 e. The van der Waals surface area contributed by atoms with E-state index in [1.165, 1.54) is 45.6 Å². The van der Waals surface area contributed by atoms with Crippen molar-refractivity contribution in [3.63, 3.8) is 0 Å². The molecule has 2 nitrogen and oxygen atoms in total. The van der Waals surface area contributed by atoms with Crippen molar-refractivity contribution >= 4 is 0 Å². The Morgan fingerprint density at radius 3 is 2.07 bits per heavy atom. The first-order chi connectivity index (χ1) is 7.13. The van der Waals surface area contributed by atoms with Gasteiger partial charge in [-0.05, 0) is 32.7 Å². The first-order valence-electron chi connectivity index (χ1n) is 6.59. The van der Waals surface area contributed by atoms with Gasteiger partial charge in [0.05, 0.1) is 0 Å². The van der Waals surface area contributed by atoms with E-state index in [2.05, 4.69) is 37.5 Å². The summed E-state index contributed by atoms with van der Waals surface area (Å²) in [5, 5.41) is 0. The van der Waals surface area contributed by atoms with E-state index in [0.717, 1.165) is 12.0 Å². The molecule has 0 aromatic rings. The highest BCUT2D eigenvalue weighted by atomic mass is 15.3. The normalized spacial score (nSPS) is 22.2. The van der Waals surface area contributed by atoms with Crippen molar-refractivity contribution in [3.8, 4) is 0 Å². The van der Waals surface area contributed by atoms with Gasteiger partial charge in [0, 0.05) is 32.2 Å². The second kappa shape index (κ2) is 6.49. The van der Waals surface area contributed by atoms with Gasteiger partial charge in [0.15, 0.2) is 0 Å². The minimum Gasteiger partial charge on any atom is -0.301 e. The predicted molar refractivity (Wildman–Crippen MR) is 67.2 cm³/mol. The van der Waals surface area contributed by atoms with E-state index in [9.17, 15) is 0 Å². The van der Waals surface area contributed by atoms with Crippen LogP contribution in [0.15, 0.2) is 0 Å². The first-order valence-corrected chi connectivity index (χ1v) is 6.59. The number of hydrogen-bond acceptors (Lipinski definition) is 2. The molecule has 0 aliphatic carbocycles. The Bertz CT molecular complexity index is 160. The van der Waals surface area contributed by atoms with Crippen LogP contribution in [-0.2, 0) is 0 Å². The SMILES string of the molecule is CCC(C)CCN1CCN(C(C)C)CC1. The molecule has 15 heavy (non-hydrogen) atoms. The van der Waals surface area contributed by atoms with Crippen LogP contribution >= 0.6 is 0 Å². The summed E-state index contributed by atoms with van der Waals surface area (Å²) in [6.07, 6.45) is 2.70. The highest BCUT2D eigenvalue weighted by Gasteiger charge is 2.18. The topological polar surface area (TPSA) is 6.48 Å². The molecule has 1 atom stereocenters. The molecule has 90 valence electrons. The molecule has 1 saturated heterocycles. The second-order valence-corrected chi connectivity index (χ2v) is 5.27. The predicted octanol–water partition coefficient (Wildman–Crippen LogP) is 2.45. The zero-order valence-electron chi connectivity index (χ0n) is 11.0. The largest absolute Gasteiger partial charge is 0.301 e. The average molecular weight is 212 g/mol. The number of rotatable bonds is 5. The molecule has 2 heteroatoms. The fourth-order valence-corrected chi connectivity index (χ4v) is 2.11. The molecule has 1 heterocycles. The third kappa shape index (κ3) is 4.52. The van der Waals surface area contributed by atoms with Crippen molar-refractivity contribution in [2.24, 2.45) is 5.92 Å². The Morgan fingerprint density at radius 2 is 1.60 bits per heavy atom. The van der Waals surface area contributed by atoms with E-state index in [0.29, 0.717) is 0 Å². The summed E-state index contributed by atoms with van der Waals surface area (Å²) in [6.45, 7) is 15.6. The fourth-order valence-electron chi connectivity index (χ4n) is 2.11. The zero-order valence-corrected chi connectivity index (χ0v) is 11.0. The standard InChI is InChI=1S/C13H28N2/c1-5-13(4)6-7-14-8-10-15(11-9-14)12(2)3/h12-13H,5-11H2,1-4H3. The van der Waals surface area contributed by atoms with Gasteiger partial charge < -0.3 is 4.90 Å². The Morgan fingerprint density at radius 1 is 1.00 bits per heavy atom. The van der Waals surface area contributed by atoms with Gasteiger partial charge in [0.2, 0.25) is 0 Å². The van der Waals surface area contributed by atoms with Crippen molar-refractivity contribution in [2.45, 2.75) is 46.6 Å². The molecule has 1 aliphatic heterocycles. The number of nitrogens with zero attached hydrogens (tertiary/aromatic N) is 2. The Hall–Kier alpha value is -0.0800. The van der Waals surface area contributed by atoms with Crippen LogP contribution < -0.4 is 0 Å². The lowest BCUT2D eigenvalue weighted by molar-refractivity contribution is 0.104. The van der Waals surface area contributed by atoms with Crippen LogP contribution in [0.4, 0.5) is 0 Å². The Kier molecular flexibility index (Phi) is 5.62. The lowest BCUT2D eigenvalue weighted by Crippen LogP contribution is -2.49. The van der Waals surface area contributed by atoms with Crippen LogP contribution in [0.3, 0.4) is 0 Å². The van der Waals surface area contributed by atoms with Gasteiger partial charge in [-0.3, -0.25) is 4.90 Å². The Labute approximate surface area is 95.6 Å². The van der Waals surface area contributed by atoms with E-state index in [4.69, 9.17) is 0 Å². The quantitative estimate of drug-likeness (QED) is 0.691. The van der Waals surface area contributed by atoms with Crippen molar-refractivity contribution in [2.75, 3.05) is 32.7 Å². The number of piperazine rings is 1. The van der Waals surface area contributed by atoms with Gasteiger partial charge in [0.1, 0.15) is 0 Å². The van der Waals surface area contributed by atoms with E-state index in [-0.39, 0.29) is 0 Å². The monoisotopic (exact) mass is 212 g/mol. The van der Waals surface area contributed by atoms with Gasteiger partial charge in [-0.2, -0.15) is 0 Å². The minimum absolute atomic E-state index is 0.724. The number of hydrogen-bond donors (Lipinski definition) is 0. The van der Waals surface area contributed by atoms with E-state index < -0.39 is 0 Å². The van der Waals surface area contributed by atoms with Crippen LogP contribution in [0.25, 0.3) is 0 Å². The van der Waals surface area contributed by atoms with Crippen molar-refractivity contribution in [3.05, 3.63) is 0 Å². The van der Waals surface area contributed by atoms with Crippen molar-refractivity contribution in [1.29, 1.82) is 0 Å². The summed E-state index contributed by atoms with van der Waals surface area (Å²) in [6, 6.07) is 0.724. The molecule has 1 rings (SSSR count). The molecular weight excluding hydrogens is 184 g/mol. The van der Waals surface area contributed by atoms with Gasteiger partial charge >= 0.3 is 0 Å². The third-order valence-electron chi connectivity index (χ3n) is 3.77. The molecule has 0 aromatic heterocycles. The zero-order chi connectivity index (χ0) is 11.3. The molecule has 0 N–H and O–H groups in total. The van der Waals surface area contributed by atoms with Crippen LogP contribution in [0, 0.1) is 5.92 Å². The fraction of sp³-hybridized carbons (Fsp3) is 1.00. The molecule has 1 unspecified atom stereocenters. The smallest absolute Gasteiger partial charge is 0.0113 e. The summed E-state index contributed by atoms with van der Waals surface area (Å²) in [7, 11) is 0. The van der Waals surface area contributed by atoms with E-state index in [1.54, 1.807) is 0 Å². The van der Waals surface area contributed by atoms with Gasteiger partial charge in [-0.1, -0.05) is 20.3 Å². The van der Waals surface area contributed by atoms with Crippen LogP contribution in [0.1, 0.15) is 40.5 Å². The summed E-state index contributed by atoms with van der Waals surface area (Å²) in [5.74, 6) is 0.896. The maximum absolute atomic E-state index is 2.63. The summed E-state index contributed by atoms with van der Waals surface area (Å²) >= 11 is 0. The van der Waals surface area contributed by atoms with E-state index >= 15 is 0 Å². The van der Waals surface area contributed by atoms with Crippen LogP contribution in [-0.4, -0.2) is 48.6 Å². The van der Waals surface area contributed by atoms with E-state index in [1.807, 2.05) is 0 Å². The summed E-state index contributed by atoms with van der Waals surface area (Å²) in [5.41, 5.74) is 0. The van der Waals surface area contributed by atoms with Gasteiger partial charge in [-0.25, -0.2) is 0 Å². The molecule has 1 aliphatic rings.